The zero-order valence-corrected chi connectivity index (χ0v) is 19.2. The number of hydrogen-bond donors (Lipinski definition) is 2. The van der Waals surface area contributed by atoms with Crippen molar-refractivity contribution >= 4 is 29.3 Å². The molecule has 2 aromatic carbocycles. The van der Waals surface area contributed by atoms with Gasteiger partial charge in [-0.3, -0.25) is 9.59 Å². The van der Waals surface area contributed by atoms with Crippen LogP contribution < -0.4 is 10.6 Å². The molecule has 3 rings (SSSR count). The lowest BCUT2D eigenvalue weighted by atomic mass is 9.83. The van der Waals surface area contributed by atoms with Crippen molar-refractivity contribution in [3.8, 4) is 0 Å². The molecule has 0 saturated heterocycles. The SMILES string of the molecule is C[C@@H](NC(=O)OC(C)(C)C)C(=O)OCCCNc1cccc2c1C(=O)c1ccccc1C2=O. The van der Waals surface area contributed by atoms with E-state index in [2.05, 4.69) is 10.6 Å². The lowest BCUT2D eigenvalue weighted by molar-refractivity contribution is -0.145. The first-order valence-electron chi connectivity index (χ1n) is 10.8. The van der Waals surface area contributed by atoms with Crippen molar-refractivity contribution < 1.29 is 28.7 Å². The second-order valence-electron chi connectivity index (χ2n) is 8.75. The van der Waals surface area contributed by atoms with Crippen LogP contribution in [-0.2, 0) is 14.3 Å². The van der Waals surface area contributed by atoms with Gasteiger partial charge in [-0.1, -0.05) is 36.4 Å². The number of hydrogen-bond acceptors (Lipinski definition) is 7. The van der Waals surface area contributed by atoms with Crippen molar-refractivity contribution in [3.63, 3.8) is 0 Å². The number of anilines is 1. The van der Waals surface area contributed by atoms with Crippen molar-refractivity contribution in [1.82, 2.24) is 5.32 Å². The number of amides is 1. The number of benzene rings is 2. The number of ether oxygens (including phenoxy) is 2. The molecule has 0 heterocycles. The van der Waals surface area contributed by atoms with Gasteiger partial charge in [0.05, 0.1) is 12.2 Å². The van der Waals surface area contributed by atoms with Crippen LogP contribution in [0.4, 0.5) is 10.5 Å². The van der Waals surface area contributed by atoms with Gasteiger partial charge in [0.1, 0.15) is 11.6 Å². The lowest BCUT2D eigenvalue weighted by Gasteiger charge is -2.21. The molecular weight excluding hydrogens is 424 g/mol. The van der Waals surface area contributed by atoms with E-state index in [9.17, 15) is 19.2 Å². The fraction of sp³-hybridized carbons (Fsp3) is 0.360. The summed E-state index contributed by atoms with van der Waals surface area (Å²) in [6.07, 6.45) is -0.226. The van der Waals surface area contributed by atoms with Gasteiger partial charge in [-0.2, -0.15) is 0 Å². The van der Waals surface area contributed by atoms with Gasteiger partial charge < -0.3 is 20.1 Å². The van der Waals surface area contributed by atoms with Crippen LogP contribution in [-0.4, -0.2) is 48.4 Å². The van der Waals surface area contributed by atoms with Crippen LogP contribution >= 0.6 is 0 Å². The summed E-state index contributed by atoms with van der Waals surface area (Å²) in [5.74, 6) is -0.948. The van der Waals surface area contributed by atoms with Gasteiger partial charge in [0, 0.05) is 28.9 Å². The molecule has 1 atom stereocenters. The molecular formula is C25H28N2O6. The minimum atomic E-state index is -0.849. The maximum absolute atomic E-state index is 13.0. The van der Waals surface area contributed by atoms with Crippen molar-refractivity contribution in [2.75, 3.05) is 18.5 Å². The Morgan fingerprint density at radius 1 is 0.939 bits per heavy atom. The molecule has 1 aliphatic rings. The Hall–Kier alpha value is -3.68. The third-order valence-corrected chi connectivity index (χ3v) is 4.92. The minimum Gasteiger partial charge on any atom is -0.464 e. The number of ketones is 2. The van der Waals surface area contributed by atoms with E-state index in [0.717, 1.165) is 0 Å². The molecule has 0 spiro atoms. The largest absolute Gasteiger partial charge is 0.464 e. The van der Waals surface area contributed by atoms with Gasteiger partial charge in [-0.05, 0) is 40.2 Å². The Labute approximate surface area is 192 Å². The predicted octanol–water partition coefficient (Wildman–Crippen LogP) is 3.72. The van der Waals surface area contributed by atoms with Crippen molar-refractivity contribution in [2.45, 2.75) is 45.8 Å². The number of carbonyl (C=O) groups is 4. The smallest absolute Gasteiger partial charge is 0.408 e. The van der Waals surface area contributed by atoms with Crippen LogP contribution in [0.15, 0.2) is 42.5 Å². The van der Waals surface area contributed by atoms with Crippen molar-refractivity contribution in [2.24, 2.45) is 0 Å². The van der Waals surface area contributed by atoms with E-state index in [1.54, 1.807) is 63.2 Å². The standard InChI is InChI=1S/C25H28N2O6/c1-15(27-24(31)33-25(2,3)4)23(30)32-14-8-13-26-19-12-7-11-18-20(19)22(29)17-10-6-5-9-16(17)21(18)28/h5-7,9-12,15,26H,8,13-14H2,1-4H3,(H,27,31)/t15-/m1/s1. The first-order chi connectivity index (χ1) is 15.6. The molecule has 0 bridgehead atoms. The van der Waals surface area contributed by atoms with E-state index in [1.165, 1.54) is 6.92 Å². The van der Waals surface area contributed by atoms with Crippen LogP contribution in [0.3, 0.4) is 0 Å². The normalized spacial score (nSPS) is 13.5. The number of esters is 1. The van der Waals surface area contributed by atoms with Gasteiger partial charge in [0.2, 0.25) is 0 Å². The minimum absolute atomic E-state index is 0.122. The van der Waals surface area contributed by atoms with E-state index in [-0.39, 0.29) is 18.2 Å². The molecule has 0 aromatic heterocycles. The maximum atomic E-state index is 13.0. The van der Waals surface area contributed by atoms with E-state index in [4.69, 9.17) is 9.47 Å². The Morgan fingerprint density at radius 2 is 1.58 bits per heavy atom. The highest BCUT2D eigenvalue weighted by molar-refractivity contribution is 6.30. The Balaban J connectivity index is 1.51. The number of fused-ring (bicyclic) bond motifs is 2. The zero-order chi connectivity index (χ0) is 24.2. The Bertz CT molecular complexity index is 1090. The summed E-state index contributed by atoms with van der Waals surface area (Å²) < 4.78 is 10.3. The molecule has 0 radical (unpaired) electrons. The zero-order valence-electron chi connectivity index (χ0n) is 19.2. The van der Waals surface area contributed by atoms with Crippen LogP contribution in [0.5, 0.6) is 0 Å². The van der Waals surface area contributed by atoms with E-state index >= 15 is 0 Å². The highest BCUT2D eigenvalue weighted by Crippen LogP contribution is 2.31. The molecule has 33 heavy (non-hydrogen) atoms. The first kappa shape index (κ1) is 24.0. The van der Waals surface area contributed by atoms with Gasteiger partial charge >= 0.3 is 12.1 Å². The van der Waals surface area contributed by atoms with Gasteiger partial charge in [0.15, 0.2) is 11.6 Å². The highest BCUT2D eigenvalue weighted by atomic mass is 16.6. The van der Waals surface area contributed by atoms with Crippen LogP contribution in [0.2, 0.25) is 0 Å². The van der Waals surface area contributed by atoms with Gasteiger partial charge in [-0.15, -0.1) is 0 Å². The fourth-order valence-electron chi connectivity index (χ4n) is 3.43. The molecule has 2 aromatic rings. The Morgan fingerprint density at radius 3 is 2.24 bits per heavy atom. The van der Waals surface area contributed by atoms with E-state index in [0.29, 0.717) is 40.9 Å². The topological polar surface area (TPSA) is 111 Å². The summed E-state index contributed by atoms with van der Waals surface area (Å²) in [4.78, 5) is 49.6. The van der Waals surface area contributed by atoms with Crippen LogP contribution in [0.1, 0.15) is 66.0 Å². The predicted molar refractivity (Wildman–Crippen MR) is 123 cm³/mol. The molecule has 0 aliphatic heterocycles. The van der Waals surface area contributed by atoms with Gasteiger partial charge in [0.25, 0.3) is 0 Å². The average Bonchev–Trinajstić information content (AvgIpc) is 2.75. The first-order valence-corrected chi connectivity index (χ1v) is 10.8. The third kappa shape index (κ3) is 5.77. The lowest BCUT2D eigenvalue weighted by Crippen LogP contribution is -2.42. The summed E-state index contributed by atoms with van der Waals surface area (Å²) >= 11 is 0. The third-order valence-electron chi connectivity index (χ3n) is 4.92. The molecule has 1 aliphatic carbocycles. The Kier molecular flexibility index (Phi) is 7.16. The summed E-state index contributed by atoms with van der Waals surface area (Å²) in [7, 11) is 0. The van der Waals surface area contributed by atoms with Crippen molar-refractivity contribution in [3.05, 3.63) is 64.7 Å². The van der Waals surface area contributed by atoms with Crippen molar-refractivity contribution in [1.29, 1.82) is 0 Å². The molecule has 0 unspecified atom stereocenters. The molecule has 8 nitrogen and oxygen atoms in total. The molecule has 0 fully saturated rings. The van der Waals surface area contributed by atoms with E-state index in [1.807, 2.05) is 0 Å². The molecule has 2 N–H and O–H groups in total. The molecule has 1 amide bonds. The number of rotatable bonds is 7. The van der Waals surface area contributed by atoms with Crippen LogP contribution in [0.25, 0.3) is 0 Å². The average molecular weight is 453 g/mol. The quantitative estimate of drug-likeness (QED) is 0.415. The highest BCUT2D eigenvalue weighted by Gasteiger charge is 2.31. The van der Waals surface area contributed by atoms with E-state index < -0.39 is 23.7 Å². The summed E-state index contributed by atoms with van der Waals surface area (Å²) in [6, 6.07) is 11.1. The molecule has 174 valence electrons. The van der Waals surface area contributed by atoms with Crippen LogP contribution in [0, 0.1) is 0 Å². The number of alkyl carbamates (subject to hydrolysis) is 1. The molecule has 0 saturated carbocycles. The number of carbonyl (C=O) groups excluding carboxylic acids is 4. The maximum Gasteiger partial charge on any atom is 0.408 e. The summed E-state index contributed by atoms with van der Waals surface area (Å²) in [6.45, 7) is 7.25. The monoisotopic (exact) mass is 452 g/mol. The molecule has 8 heteroatoms. The number of nitrogens with one attached hydrogen (secondary N) is 2. The fourth-order valence-corrected chi connectivity index (χ4v) is 3.43. The summed E-state index contributed by atoms with van der Waals surface area (Å²) in [5, 5.41) is 5.59. The second kappa shape index (κ2) is 9.85. The second-order valence-corrected chi connectivity index (χ2v) is 8.75. The summed E-state index contributed by atoms with van der Waals surface area (Å²) in [5.41, 5.74) is 1.43. The van der Waals surface area contributed by atoms with Gasteiger partial charge in [-0.25, -0.2) is 9.59 Å².